The van der Waals surface area contributed by atoms with Gasteiger partial charge in [-0.2, -0.15) is 0 Å². The van der Waals surface area contributed by atoms with E-state index in [1.165, 1.54) is 6.07 Å². The molecule has 31 heavy (non-hydrogen) atoms. The van der Waals surface area contributed by atoms with Gasteiger partial charge in [-0.15, -0.1) is 0 Å². The average Bonchev–Trinajstić information content (AvgIpc) is 2.75. The van der Waals surface area contributed by atoms with Crippen LogP contribution < -0.4 is 0 Å². The van der Waals surface area contributed by atoms with Gasteiger partial charge in [-0.3, -0.25) is 4.79 Å². The molecule has 176 valence electrons. The lowest BCUT2D eigenvalue weighted by Crippen LogP contribution is -2.58. The average molecular weight is 445 g/mol. The first-order valence-electron chi connectivity index (χ1n) is 11.1. The van der Waals surface area contributed by atoms with E-state index < -0.39 is 48.8 Å². The fourth-order valence-corrected chi connectivity index (χ4v) is 3.90. The van der Waals surface area contributed by atoms with E-state index in [1.807, 2.05) is 0 Å². The van der Waals surface area contributed by atoms with E-state index in [-0.39, 0.29) is 12.2 Å². The van der Waals surface area contributed by atoms with Crippen molar-refractivity contribution in [2.75, 3.05) is 6.61 Å². The Kier molecular flexibility index (Phi) is 11.0. The van der Waals surface area contributed by atoms with E-state index in [9.17, 15) is 34.0 Å². The highest BCUT2D eigenvalue weighted by Gasteiger charge is 2.43. The SMILES string of the molecule is O=C(CCCCCCCCCc1ccc(F)c(F)c1)C[C@@H]1O[C@H](CO)[C@H](O)[C@H](O)[C@H]1O. The highest BCUT2D eigenvalue weighted by molar-refractivity contribution is 5.78. The van der Waals surface area contributed by atoms with E-state index >= 15 is 0 Å². The van der Waals surface area contributed by atoms with Crippen LogP contribution in [0.3, 0.4) is 0 Å². The van der Waals surface area contributed by atoms with Gasteiger partial charge in [-0.25, -0.2) is 8.78 Å². The number of carbonyl (C=O) groups is 1. The highest BCUT2D eigenvalue weighted by atomic mass is 19.2. The number of ketones is 1. The van der Waals surface area contributed by atoms with E-state index in [1.54, 1.807) is 6.07 Å². The number of carbonyl (C=O) groups excluding carboxylic acids is 1. The third kappa shape index (κ3) is 8.20. The second-order valence-electron chi connectivity index (χ2n) is 8.33. The molecule has 4 N–H and O–H groups in total. The second-order valence-corrected chi connectivity index (χ2v) is 8.33. The van der Waals surface area contributed by atoms with Crippen LogP contribution >= 0.6 is 0 Å². The fourth-order valence-electron chi connectivity index (χ4n) is 3.90. The van der Waals surface area contributed by atoms with Crippen LogP contribution in [0.1, 0.15) is 63.4 Å². The van der Waals surface area contributed by atoms with Crippen molar-refractivity contribution in [1.82, 2.24) is 0 Å². The number of unbranched alkanes of at least 4 members (excludes halogenated alkanes) is 6. The van der Waals surface area contributed by atoms with Crippen LogP contribution in [0, 0.1) is 11.6 Å². The maximum atomic E-state index is 13.2. The molecular weight excluding hydrogens is 410 g/mol. The number of aryl methyl sites for hydroxylation is 1. The van der Waals surface area contributed by atoms with Gasteiger partial charge in [0.05, 0.1) is 12.7 Å². The van der Waals surface area contributed by atoms with Crippen molar-refractivity contribution in [2.45, 2.75) is 94.7 Å². The Morgan fingerprint density at radius 2 is 1.45 bits per heavy atom. The monoisotopic (exact) mass is 444 g/mol. The minimum Gasteiger partial charge on any atom is -0.394 e. The molecule has 0 spiro atoms. The first-order valence-corrected chi connectivity index (χ1v) is 11.1. The van der Waals surface area contributed by atoms with E-state index in [4.69, 9.17) is 4.74 Å². The van der Waals surface area contributed by atoms with E-state index in [2.05, 4.69) is 0 Å². The largest absolute Gasteiger partial charge is 0.394 e. The van der Waals surface area contributed by atoms with Gasteiger partial charge in [0.25, 0.3) is 0 Å². The number of ether oxygens (including phenoxy) is 1. The number of Topliss-reactive ketones (excluding diaryl/α,β-unsaturated/α-hetero) is 1. The van der Waals surface area contributed by atoms with Crippen LogP contribution in [-0.2, 0) is 16.0 Å². The van der Waals surface area contributed by atoms with Crippen molar-refractivity contribution in [2.24, 2.45) is 0 Å². The van der Waals surface area contributed by atoms with E-state index in [0.717, 1.165) is 63.0 Å². The zero-order valence-corrected chi connectivity index (χ0v) is 17.8. The Morgan fingerprint density at radius 1 is 0.839 bits per heavy atom. The molecule has 2 rings (SSSR count). The summed E-state index contributed by atoms with van der Waals surface area (Å²) in [4.78, 5) is 12.1. The van der Waals surface area contributed by atoms with Crippen molar-refractivity contribution in [3.8, 4) is 0 Å². The molecule has 6 nitrogen and oxygen atoms in total. The molecule has 1 aliphatic rings. The summed E-state index contributed by atoms with van der Waals surface area (Å²) in [6, 6.07) is 4.01. The van der Waals surface area contributed by atoms with Gasteiger partial charge >= 0.3 is 0 Å². The molecule has 0 unspecified atom stereocenters. The predicted octanol–water partition coefficient (Wildman–Crippen LogP) is 2.43. The lowest BCUT2D eigenvalue weighted by Gasteiger charge is -2.39. The minimum atomic E-state index is -1.45. The quantitative estimate of drug-likeness (QED) is 0.348. The molecule has 1 fully saturated rings. The Balaban J connectivity index is 1.51. The molecule has 0 aromatic heterocycles. The van der Waals surface area contributed by atoms with Crippen LogP contribution in [0.2, 0.25) is 0 Å². The smallest absolute Gasteiger partial charge is 0.159 e. The maximum absolute atomic E-state index is 13.2. The molecular formula is C23H34F2O6. The summed E-state index contributed by atoms with van der Waals surface area (Å²) in [5.41, 5.74) is 0.803. The standard InChI is InChI=1S/C23H34F2O6/c24-17-11-10-15(12-18(17)25)8-6-4-2-1-3-5-7-9-16(27)13-19-21(28)23(30)22(29)20(14-26)31-19/h10-12,19-23,26,28-30H,1-9,13-14H2/t19-,20+,21-,22-,23+/m0/s1. The molecule has 1 saturated heterocycles. The normalized spacial score (nSPS) is 26.2. The van der Waals surface area contributed by atoms with Crippen LogP contribution in [0.4, 0.5) is 8.78 Å². The lowest BCUT2D eigenvalue weighted by atomic mass is 9.92. The summed E-state index contributed by atoms with van der Waals surface area (Å²) in [6.45, 7) is -0.504. The number of hydrogen-bond acceptors (Lipinski definition) is 6. The fraction of sp³-hybridized carbons (Fsp3) is 0.696. The van der Waals surface area contributed by atoms with Gasteiger partial charge in [-0.05, 0) is 37.0 Å². The summed E-state index contributed by atoms with van der Waals surface area (Å²) in [5, 5.41) is 38.7. The minimum absolute atomic E-state index is 0.0641. The summed E-state index contributed by atoms with van der Waals surface area (Å²) in [5.74, 6) is -1.72. The Morgan fingerprint density at radius 3 is 2.10 bits per heavy atom. The molecule has 5 atom stereocenters. The van der Waals surface area contributed by atoms with Crippen molar-refractivity contribution in [1.29, 1.82) is 0 Å². The van der Waals surface area contributed by atoms with Crippen molar-refractivity contribution < 1.29 is 38.7 Å². The van der Waals surface area contributed by atoms with Crippen molar-refractivity contribution >= 4 is 5.78 Å². The summed E-state index contributed by atoms with van der Waals surface area (Å²) >= 11 is 0. The Bertz CT molecular complexity index is 684. The molecule has 1 aliphatic heterocycles. The zero-order valence-electron chi connectivity index (χ0n) is 17.8. The molecule has 1 heterocycles. The Labute approximate surface area is 181 Å². The zero-order chi connectivity index (χ0) is 22.8. The predicted molar refractivity (Wildman–Crippen MR) is 110 cm³/mol. The van der Waals surface area contributed by atoms with Crippen LogP contribution in [-0.4, -0.2) is 63.3 Å². The van der Waals surface area contributed by atoms with Crippen LogP contribution in [0.5, 0.6) is 0 Å². The van der Waals surface area contributed by atoms with Crippen LogP contribution in [0.15, 0.2) is 18.2 Å². The summed E-state index contributed by atoms with van der Waals surface area (Å²) in [6.07, 6.45) is 1.50. The molecule has 0 bridgehead atoms. The van der Waals surface area contributed by atoms with Gasteiger partial charge in [-0.1, -0.05) is 38.2 Å². The maximum Gasteiger partial charge on any atom is 0.159 e. The van der Waals surface area contributed by atoms with Gasteiger partial charge in [0, 0.05) is 12.8 Å². The first-order chi connectivity index (χ1) is 14.8. The molecule has 0 aliphatic carbocycles. The topological polar surface area (TPSA) is 107 Å². The number of hydrogen-bond donors (Lipinski definition) is 4. The molecule has 1 aromatic rings. The number of benzene rings is 1. The summed E-state index contributed by atoms with van der Waals surface area (Å²) < 4.78 is 31.4. The Hall–Kier alpha value is -1.45. The van der Waals surface area contributed by atoms with Gasteiger partial charge in [0.2, 0.25) is 0 Å². The number of halogens is 2. The molecule has 8 heteroatoms. The lowest BCUT2D eigenvalue weighted by molar-refractivity contribution is -0.229. The van der Waals surface area contributed by atoms with Crippen molar-refractivity contribution in [3.63, 3.8) is 0 Å². The third-order valence-corrected chi connectivity index (χ3v) is 5.83. The van der Waals surface area contributed by atoms with E-state index in [0.29, 0.717) is 6.42 Å². The number of aliphatic hydroxyl groups is 4. The third-order valence-electron chi connectivity index (χ3n) is 5.83. The summed E-state index contributed by atoms with van der Waals surface area (Å²) in [7, 11) is 0. The van der Waals surface area contributed by atoms with Gasteiger partial charge < -0.3 is 25.2 Å². The second kappa shape index (κ2) is 13.2. The molecule has 1 aromatic carbocycles. The first kappa shape index (κ1) is 25.8. The van der Waals surface area contributed by atoms with Crippen molar-refractivity contribution in [3.05, 3.63) is 35.4 Å². The van der Waals surface area contributed by atoms with Crippen LogP contribution in [0.25, 0.3) is 0 Å². The molecule has 0 amide bonds. The van der Waals surface area contributed by atoms with Gasteiger partial charge in [0.15, 0.2) is 11.6 Å². The number of aliphatic hydroxyl groups excluding tert-OH is 4. The molecule has 0 radical (unpaired) electrons. The molecule has 0 saturated carbocycles. The number of rotatable bonds is 13. The highest BCUT2D eigenvalue weighted by Crippen LogP contribution is 2.24. The van der Waals surface area contributed by atoms with Gasteiger partial charge in [0.1, 0.15) is 30.2 Å².